The number of carbonyl (C=O) groups excluding carboxylic acids is 1. The Morgan fingerprint density at radius 3 is 2.53 bits per heavy atom. The van der Waals surface area contributed by atoms with Crippen LogP contribution < -0.4 is 14.8 Å². The number of fused-ring (bicyclic) bond motifs is 1. The van der Waals surface area contributed by atoms with E-state index in [0.29, 0.717) is 56.6 Å². The first kappa shape index (κ1) is 24.1. The average Bonchev–Trinajstić information content (AvgIpc) is 3.33. The highest BCUT2D eigenvalue weighted by Crippen LogP contribution is 2.41. The molecule has 4 aromatic rings. The molecule has 182 valence electrons. The summed E-state index contributed by atoms with van der Waals surface area (Å²) in [7, 11) is 0. The Bertz CT molecular complexity index is 1440. The second kappa shape index (κ2) is 10.1. The van der Waals surface area contributed by atoms with Gasteiger partial charge in [-0.15, -0.1) is 10.2 Å². The van der Waals surface area contributed by atoms with Crippen molar-refractivity contribution in [2.45, 2.75) is 12.3 Å². The second-order valence-electron chi connectivity index (χ2n) is 7.85. The number of anilines is 1. The number of hydrogen-bond donors (Lipinski definition) is 2. The molecule has 11 heteroatoms. The number of aliphatic carboxylic acids is 1. The van der Waals surface area contributed by atoms with Crippen molar-refractivity contribution < 1.29 is 24.2 Å². The van der Waals surface area contributed by atoms with Gasteiger partial charge in [-0.2, -0.15) is 0 Å². The van der Waals surface area contributed by atoms with E-state index in [-0.39, 0.29) is 10.9 Å². The summed E-state index contributed by atoms with van der Waals surface area (Å²) < 4.78 is 11.5. The summed E-state index contributed by atoms with van der Waals surface area (Å²) in [5.41, 5.74) is 1.77. The summed E-state index contributed by atoms with van der Waals surface area (Å²) in [4.78, 5) is 24.2. The van der Waals surface area contributed by atoms with Gasteiger partial charge >= 0.3 is 5.97 Å². The van der Waals surface area contributed by atoms with Gasteiger partial charge in [-0.25, -0.2) is 0 Å². The van der Waals surface area contributed by atoms with E-state index in [1.807, 2.05) is 12.1 Å². The molecule has 0 aliphatic carbocycles. The van der Waals surface area contributed by atoms with Crippen LogP contribution in [0.4, 0.5) is 5.13 Å². The fourth-order valence-corrected chi connectivity index (χ4v) is 4.76. The summed E-state index contributed by atoms with van der Waals surface area (Å²) in [6, 6.07) is 16.8. The predicted octanol–water partition coefficient (Wildman–Crippen LogP) is 6.51. The highest BCUT2D eigenvalue weighted by molar-refractivity contribution is 7.18. The first-order chi connectivity index (χ1) is 17.4. The van der Waals surface area contributed by atoms with Crippen molar-refractivity contribution in [1.29, 1.82) is 0 Å². The Hall–Kier alpha value is -3.66. The van der Waals surface area contributed by atoms with E-state index in [9.17, 15) is 14.7 Å². The number of halogens is 2. The molecule has 0 radical (unpaired) electrons. The van der Waals surface area contributed by atoms with Crippen LogP contribution in [0.2, 0.25) is 10.0 Å². The Morgan fingerprint density at radius 1 is 1.06 bits per heavy atom. The number of carbonyl (C=O) groups is 2. The van der Waals surface area contributed by atoms with Crippen molar-refractivity contribution in [2.75, 3.05) is 11.9 Å². The molecule has 1 aliphatic heterocycles. The number of carboxylic acids is 1. The molecule has 2 heterocycles. The number of benzene rings is 3. The van der Waals surface area contributed by atoms with Crippen LogP contribution in [0.5, 0.6) is 17.2 Å². The average molecular weight is 542 g/mol. The van der Waals surface area contributed by atoms with E-state index in [4.69, 9.17) is 32.7 Å². The van der Waals surface area contributed by atoms with Crippen LogP contribution in [-0.4, -0.2) is 33.8 Å². The van der Waals surface area contributed by atoms with Crippen LogP contribution in [0.3, 0.4) is 0 Å². The number of nitrogens with one attached hydrogen (secondary N) is 1. The Kier molecular flexibility index (Phi) is 6.77. The van der Waals surface area contributed by atoms with Gasteiger partial charge < -0.3 is 14.6 Å². The Morgan fingerprint density at radius 2 is 1.81 bits per heavy atom. The fraction of sp³-hybridized carbons (Fsp3) is 0.120. The zero-order chi connectivity index (χ0) is 25.2. The molecule has 1 unspecified atom stereocenters. The van der Waals surface area contributed by atoms with E-state index < -0.39 is 11.9 Å². The van der Waals surface area contributed by atoms with E-state index in [0.717, 1.165) is 5.56 Å². The largest absolute Gasteiger partial charge is 0.493 e. The minimum Gasteiger partial charge on any atom is -0.493 e. The zero-order valence-corrected chi connectivity index (χ0v) is 20.7. The number of rotatable bonds is 6. The van der Waals surface area contributed by atoms with Gasteiger partial charge in [0, 0.05) is 27.8 Å². The minimum atomic E-state index is -0.923. The van der Waals surface area contributed by atoms with Gasteiger partial charge in [0.15, 0.2) is 0 Å². The third-order valence-electron chi connectivity index (χ3n) is 5.48. The smallest absolute Gasteiger partial charge is 0.311 e. The van der Waals surface area contributed by atoms with Crippen molar-refractivity contribution in [3.05, 3.63) is 81.8 Å². The second-order valence-corrected chi connectivity index (χ2v) is 9.67. The molecule has 0 fully saturated rings. The standard InChI is InChI=1S/C25H17Cl2N3O5S/c26-15-5-1-14(2-6-15)23-29-30-25(36-23)28-22(31)13-3-7-16(8-4-13)35-21-12-20-18(11-19(21)27)17(24(32)33)9-10-34-20/h1-8,11-12,17H,9-10H2,(H,32,33)(H,28,30,31). The lowest BCUT2D eigenvalue weighted by atomic mass is 9.93. The van der Waals surface area contributed by atoms with E-state index in [1.165, 1.54) is 11.3 Å². The Balaban J connectivity index is 1.26. The zero-order valence-electron chi connectivity index (χ0n) is 18.4. The number of amides is 1. The minimum absolute atomic E-state index is 0.264. The van der Waals surface area contributed by atoms with E-state index in [2.05, 4.69) is 15.5 Å². The van der Waals surface area contributed by atoms with E-state index in [1.54, 1.807) is 48.5 Å². The number of hydrogen-bond acceptors (Lipinski definition) is 7. The molecule has 5 rings (SSSR count). The highest BCUT2D eigenvalue weighted by atomic mass is 35.5. The molecule has 2 N–H and O–H groups in total. The molecule has 0 spiro atoms. The molecule has 3 aromatic carbocycles. The van der Waals surface area contributed by atoms with Gasteiger partial charge in [0.2, 0.25) is 5.13 Å². The van der Waals surface area contributed by atoms with Crippen molar-refractivity contribution in [1.82, 2.24) is 10.2 Å². The quantitative estimate of drug-likeness (QED) is 0.286. The Labute approximate surface area is 219 Å². The molecule has 0 saturated carbocycles. The summed E-state index contributed by atoms with van der Waals surface area (Å²) in [6.07, 6.45) is 0.377. The van der Waals surface area contributed by atoms with Gasteiger partial charge in [0.1, 0.15) is 22.3 Å². The molecule has 1 amide bonds. The van der Waals surface area contributed by atoms with Crippen molar-refractivity contribution >= 4 is 51.5 Å². The van der Waals surface area contributed by atoms with Crippen molar-refractivity contribution in [2.24, 2.45) is 0 Å². The molecule has 8 nitrogen and oxygen atoms in total. The molecular weight excluding hydrogens is 525 g/mol. The van der Waals surface area contributed by atoms with Crippen LogP contribution in [0.15, 0.2) is 60.7 Å². The van der Waals surface area contributed by atoms with Gasteiger partial charge in [-0.05, 0) is 48.9 Å². The van der Waals surface area contributed by atoms with Crippen LogP contribution in [-0.2, 0) is 4.79 Å². The molecule has 1 atom stereocenters. The van der Waals surface area contributed by atoms with Gasteiger partial charge in [0.05, 0.1) is 17.5 Å². The summed E-state index contributed by atoms with van der Waals surface area (Å²) in [5, 5.41) is 22.2. The topological polar surface area (TPSA) is 111 Å². The number of aromatic nitrogens is 2. The van der Waals surface area contributed by atoms with Crippen LogP contribution in [0, 0.1) is 0 Å². The van der Waals surface area contributed by atoms with Gasteiger partial charge in [0.25, 0.3) is 5.91 Å². The van der Waals surface area contributed by atoms with Crippen molar-refractivity contribution in [3.8, 4) is 27.8 Å². The van der Waals surface area contributed by atoms with Crippen LogP contribution in [0.1, 0.15) is 28.3 Å². The lowest BCUT2D eigenvalue weighted by molar-refractivity contribution is -0.139. The van der Waals surface area contributed by atoms with Crippen LogP contribution >= 0.6 is 34.5 Å². The molecule has 0 saturated heterocycles. The third-order valence-corrected chi connectivity index (χ3v) is 6.92. The maximum absolute atomic E-state index is 12.7. The summed E-state index contributed by atoms with van der Waals surface area (Å²) in [6.45, 7) is 0.296. The highest BCUT2D eigenvalue weighted by Gasteiger charge is 2.29. The molecular formula is C25H17Cl2N3O5S. The molecule has 1 aromatic heterocycles. The summed E-state index contributed by atoms with van der Waals surface area (Å²) >= 11 is 13.5. The van der Waals surface area contributed by atoms with Gasteiger partial charge in [-0.3, -0.25) is 14.9 Å². The molecule has 1 aliphatic rings. The first-order valence-electron chi connectivity index (χ1n) is 10.7. The lowest BCUT2D eigenvalue weighted by Gasteiger charge is -2.24. The lowest BCUT2D eigenvalue weighted by Crippen LogP contribution is -2.20. The SMILES string of the molecule is O=C(Nc1nnc(-c2ccc(Cl)cc2)s1)c1ccc(Oc2cc3c(cc2Cl)C(C(=O)O)CCO3)cc1. The van der Waals surface area contributed by atoms with E-state index >= 15 is 0 Å². The monoisotopic (exact) mass is 541 g/mol. The third kappa shape index (κ3) is 5.13. The molecule has 0 bridgehead atoms. The normalized spacial score (nSPS) is 14.4. The maximum atomic E-state index is 12.7. The number of nitrogens with zero attached hydrogens (tertiary/aromatic N) is 2. The summed E-state index contributed by atoms with van der Waals surface area (Å²) in [5.74, 6) is -0.747. The van der Waals surface area contributed by atoms with Crippen LogP contribution in [0.25, 0.3) is 10.6 Å². The molecule has 36 heavy (non-hydrogen) atoms. The van der Waals surface area contributed by atoms with Gasteiger partial charge in [-0.1, -0.05) is 46.7 Å². The first-order valence-corrected chi connectivity index (χ1v) is 12.3. The maximum Gasteiger partial charge on any atom is 0.311 e. The van der Waals surface area contributed by atoms with Crippen molar-refractivity contribution in [3.63, 3.8) is 0 Å². The number of ether oxygens (including phenoxy) is 2. The fourth-order valence-electron chi connectivity index (χ4n) is 3.68. The predicted molar refractivity (Wildman–Crippen MR) is 137 cm³/mol. The number of carboxylic acid groups (broad SMARTS) is 1.